The number of hydrogen-bond acceptors (Lipinski definition) is 4. The first-order valence-corrected chi connectivity index (χ1v) is 11.6. The summed E-state index contributed by atoms with van der Waals surface area (Å²) in [6.45, 7) is 2.78. The zero-order valence-electron chi connectivity index (χ0n) is 17.0. The fourth-order valence-electron chi connectivity index (χ4n) is 3.08. The summed E-state index contributed by atoms with van der Waals surface area (Å²) in [5, 5.41) is 4.86. The minimum absolute atomic E-state index is 0.174. The Balaban J connectivity index is 1.44. The van der Waals surface area contributed by atoms with Crippen LogP contribution in [0.15, 0.2) is 87.5 Å². The predicted molar refractivity (Wildman–Crippen MR) is 131 cm³/mol. The maximum atomic E-state index is 12.3. The van der Waals surface area contributed by atoms with Gasteiger partial charge >= 0.3 is 0 Å². The van der Waals surface area contributed by atoms with Crippen LogP contribution in [0, 0.1) is 6.92 Å². The molecule has 0 aliphatic heterocycles. The number of amides is 1. The standard InChI is InChI=1S/C24H21BrN4OS/c1-17-6-8-19(9-7-17)15-29-22-5-3-2-4-21(22)27-24(29)31-16-23(30)28-26-14-18-10-12-20(25)13-11-18/h2-14H,15-16H2,1H3,(H,28,30)/b26-14+. The molecule has 1 aromatic heterocycles. The van der Waals surface area contributed by atoms with E-state index in [1.807, 2.05) is 42.5 Å². The molecule has 0 saturated carbocycles. The third-order valence-electron chi connectivity index (χ3n) is 4.69. The van der Waals surface area contributed by atoms with Crippen LogP contribution >= 0.6 is 27.7 Å². The van der Waals surface area contributed by atoms with Crippen molar-refractivity contribution in [1.82, 2.24) is 15.0 Å². The average Bonchev–Trinajstić information content (AvgIpc) is 3.12. The predicted octanol–water partition coefficient (Wildman–Crippen LogP) is 5.40. The molecular weight excluding hydrogens is 472 g/mol. The molecule has 0 aliphatic rings. The molecule has 5 nitrogen and oxygen atoms in total. The van der Waals surface area contributed by atoms with Crippen molar-refractivity contribution in [3.8, 4) is 0 Å². The molecule has 0 unspecified atom stereocenters. The van der Waals surface area contributed by atoms with Crippen molar-refractivity contribution in [2.75, 3.05) is 5.75 Å². The molecule has 0 spiro atoms. The number of nitrogens with one attached hydrogen (secondary N) is 1. The highest BCUT2D eigenvalue weighted by Crippen LogP contribution is 2.25. The van der Waals surface area contributed by atoms with Crippen molar-refractivity contribution < 1.29 is 4.79 Å². The number of thioether (sulfide) groups is 1. The largest absolute Gasteiger partial charge is 0.314 e. The first-order valence-electron chi connectivity index (χ1n) is 9.79. The third-order valence-corrected chi connectivity index (χ3v) is 6.19. The number of benzene rings is 3. The van der Waals surface area contributed by atoms with Crippen LogP contribution in [-0.2, 0) is 11.3 Å². The fourth-order valence-corrected chi connectivity index (χ4v) is 4.15. The van der Waals surface area contributed by atoms with E-state index in [0.29, 0.717) is 6.54 Å². The minimum Gasteiger partial charge on any atom is -0.314 e. The number of nitrogens with zero attached hydrogens (tertiary/aromatic N) is 3. The van der Waals surface area contributed by atoms with Crippen LogP contribution in [0.25, 0.3) is 11.0 Å². The topological polar surface area (TPSA) is 59.3 Å². The van der Waals surface area contributed by atoms with E-state index < -0.39 is 0 Å². The van der Waals surface area contributed by atoms with Gasteiger partial charge in [-0.05, 0) is 42.3 Å². The van der Waals surface area contributed by atoms with E-state index in [2.05, 4.69) is 68.3 Å². The van der Waals surface area contributed by atoms with Gasteiger partial charge in [0.1, 0.15) is 0 Å². The third kappa shape index (κ3) is 5.62. The Labute approximate surface area is 193 Å². The number of para-hydroxylation sites is 2. The van der Waals surface area contributed by atoms with Crippen LogP contribution < -0.4 is 5.43 Å². The summed E-state index contributed by atoms with van der Waals surface area (Å²) < 4.78 is 3.15. The Hall–Kier alpha value is -2.90. The van der Waals surface area contributed by atoms with E-state index in [1.54, 1.807) is 6.21 Å². The summed E-state index contributed by atoms with van der Waals surface area (Å²) in [6.07, 6.45) is 1.63. The first-order chi connectivity index (χ1) is 15.1. The van der Waals surface area contributed by atoms with Gasteiger partial charge in [-0.1, -0.05) is 81.8 Å². The van der Waals surface area contributed by atoms with Crippen molar-refractivity contribution >= 4 is 50.8 Å². The number of aromatic nitrogens is 2. The number of imidazole rings is 1. The molecule has 0 atom stereocenters. The summed E-state index contributed by atoms with van der Waals surface area (Å²) in [5.41, 5.74) is 7.90. The Morgan fingerprint density at radius 2 is 1.84 bits per heavy atom. The smallest absolute Gasteiger partial charge is 0.250 e. The van der Waals surface area contributed by atoms with E-state index in [4.69, 9.17) is 4.98 Å². The van der Waals surface area contributed by atoms with E-state index in [9.17, 15) is 4.79 Å². The van der Waals surface area contributed by atoms with Gasteiger partial charge in [-0.2, -0.15) is 5.10 Å². The van der Waals surface area contributed by atoms with Crippen molar-refractivity contribution in [2.45, 2.75) is 18.6 Å². The van der Waals surface area contributed by atoms with Crippen molar-refractivity contribution in [2.24, 2.45) is 5.10 Å². The minimum atomic E-state index is -0.174. The zero-order valence-corrected chi connectivity index (χ0v) is 19.4. The molecule has 0 bridgehead atoms. The van der Waals surface area contributed by atoms with Gasteiger partial charge in [0.25, 0.3) is 5.91 Å². The number of carbonyl (C=O) groups is 1. The highest BCUT2D eigenvalue weighted by atomic mass is 79.9. The summed E-state index contributed by atoms with van der Waals surface area (Å²) in [5.74, 6) is 0.0573. The number of fused-ring (bicyclic) bond motifs is 1. The van der Waals surface area contributed by atoms with Gasteiger partial charge in [0.05, 0.1) is 29.5 Å². The van der Waals surface area contributed by atoms with Gasteiger partial charge in [0.2, 0.25) is 0 Å². The molecule has 0 radical (unpaired) electrons. The van der Waals surface area contributed by atoms with Crippen LogP contribution in [-0.4, -0.2) is 27.4 Å². The Kier molecular flexibility index (Phi) is 6.84. The maximum Gasteiger partial charge on any atom is 0.250 e. The summed E-state index contributed by atoms with van der Waals surface area (Å²) in [7, 11) is 0. The van der Waals surface area contributed by atoms with Crippen molar-refractivity contribution in [3.63, 3.8) is 0 Å². The van der Waals surface area contributed by atoms with Gasteiger partial charge in [0.15, 0.2) is 5.16 Å². The SMILES string of the molecule is Cc1ccc(Cn2c(SCC(=O)N/N=C/c3ccc(Br)cc3)nc3ccccc32)cc1. The lowest BCUT2D eigenvalue weighted by Gasteiger charge is -2.09. The first kappa shape index (κ1) is 21.3. The number of halogens is 1. The van der Waals surface area contributed by atoms with Crippen molar-refractivity contribution in [1.29, 1.82) is 0 Å². The Bertz CT molecular complexity index is 1220. The quantitative estimate of drug-likeness (QED) is 0.213. The number of hydrogen-bond donors (Lipinski definition) is 1. The molecule has 0 saturated heterocycles. The van der Waals surface area contributed by atoms with Crippen LogP contribution in [0.4, 0.5) is 0 Å². The van der Waals surface area contributed by atoms with E-state index >= 15 is 0 Å². The molecular formula is C24H21BrN4OS. The second-order valence-corrected chi connectivity index (χ2v) is 8.95. The molecule has 3 aromatic carbocycles. The molecule has 1 amide bonds. The molecule has 4 rings (SSSR count). The van der Waals surface area contributed by atoms with E-state index in [0.717, 1.165) is 26.2 Å². The van der Waals surface area contributed by atoms with E-state index in [-0.39, 0.29) is 11.7 Å². The van der Waals surface area contributed by atoms with Gasteiger partial charge in [-0.3, -0.25) is 4.79 Å². The number of hydrazone groups is 1. The molecule has 4 aromatic rings. The fraction of sp³-hybridized carbons (Fsp3) is 0.125. The van der Waals surface area contributed by atoms with Crippen LogP contribution in [0.2, 0.25) is 0 Å². The van der Waals surface area contributed by atoms with Gasteiger partial charge in [-0.15, -0.1) is 0 Å². The molecule has 7 heteroatoms. The lowest BCUT2D eigenvalue weighted by Crippen LogP contribution is -2.20. The Morgan fingerprint density at radius 3 is 2.61 bits per heavy atom. The summed E-state index contributed by atoms with van der Waals surface area (Å²) in [6, 6.07) is 24.2. The monoisotopic (exact) mass is 492 g/mol. The van der Waals surface area contributed by atoms with Crippen LogP contribution in [0.3, 0.4) is 0 Å². The van der Waals surface area contributed by atoms with Crippen LogP contribution in [0.5, 0.6) is 0 Å². The van der Waals surface area contributed by atoms with E-state index in [1.165, 1.54) is 22.9 Å². The summed E-state index contributed by atoms with van der Waals surface area (Å²) in [4.78, 5) is 17.0. The zero-order chi connectivity index (χ0) is 21.6. The maximum absolute atomic E-state index is 12.3. The Morgan fingerprint density at radius 1 is 1.10 bits per heavy atom. The van der Waals surface area contributed by atoms with Crippen LogP contribution in [0.1, 0.15) is 16.7 Å². The highest BCUT2D eigenvalue weighted by molar-refractivity contribution is 9.10. The van der Waals surface area contributed by atoms with Gasteiger partial charge < -0.3 is 4.57 Å². The second kappa shape index (κ2) is 9.94. The lowest BCUT2D eigenvalue weighted by atomic mass is 10.1. The highest BCUT2D eigenvalue weighted by Gasteiger charge is 2.13. The molecule has 31 heavy (non-hydrogen) atoms. The van der Waals surface area contributed by atoms with Gasteiger partial charge in [-0.25, -0.2) is 10.4 Å². The second-order valence-electron chi connectivity index (χ2n) is 7.09. The lowest BCUT2D eigenvalue weighted by molar-refractivity contribution is -0.118. The average molecular weight is 493 g/mol. The summed E-state index contributed by atoms with van der Waals surface area (Å²) >= 11 is 4.81. The number of rotatable bonds is 7. The van der Waals surface area contributed by atoms with Gasteiger partial charge in [0, 0.05) is 4.47 Å². The number of carbonyl (C=O) groups excluding carboxylic acids is 1. The molecule has 1 heterocycles. The molecule has 0 fully saturated rings. The van der Waals surface area contributed by atoms with Crippen molar-refractivity contribution in [3.05, 3.63) is 94.0 Å². The molecule has 1 N–H and O–H groups in total. The molecule has 156 valence electrons. The normalized spacial score (nSPS) is 11.3. The molecule has 0 aliphatic carbocycles. The number of aryl methyl sites for hydroxylation is 1.